The average molecular weight is 322 g/mol. The monoisotopic (exact) mass is 322 g/mol. The second-order valence-electron chi connectivity index (χ2n) is 7.26. The van der Waals surface area contributed by atoms with Crippen molar-refractivity contribution in [3.8, 4) is 0 Å². The third-order valence-corrected chi connectivity index (χ3v) is 4.07. The highest BCUT2D eigenvalue weighted by Gasteiger charge is 2.55. The number of carbonyl (C=O) groups excluding carboxylic acids is 2. The van der Waals surface area contributed by atoms with Gasteiger partial charge < -0.3 is 9.47 Å². The van der Waals surface area contributed by atoms with E-state index in [-0.39, 0.29) is 24.5 Å². The molecule has 1 aliphatic carbocycles. The standard InChI is InChI=1S/C19H30O4/c1-7-22-16(20)19(17(21)23-8-2)12-14(3)15(13-19)10-9-11-18(4,5)6/h9,11,15H,3,7-8,10,12-13H2,1-2,4-6H3/b11-9+. The van der Waals surface area contributed by atoms with Crippen molar-refractivity contribution in [3.63, 3.8) is 0 Å². The zero-order chi connectivity index (χ0) is 17.7. The average Bonchev–Trinajstić information content (AvgIpc) is 2.77. The third-order valence-electron chi connectivity index (χ3n) is 4.07. The lowest BCUT2D eigenvalue weighted by molar-refractivity contribution is -0.171. The molecule has 0 aliphatic heterocycles. The number of carbonyl (C=O) groups is 2. The van der Waals surface area contributed by atoms with Crippen LogP contribution in [0.2, 0.25) is 0 Å². The van der Waals surface area contributed by atoms with Crippen LogP contribution in [-0.2, 0) is 19.1 Å². The van der Waals surface area contributed by atoms with Crippen molar-refractivity contribution >= 4 is 11.9 Å². The van der Waals surface area contributed by atoms with Gasteiger partial charge in [0, 0.05) is 0 Å². The SMILES string of the molecule is C=C1CC(C(=O)OCC)(C(=O)OCC)CC1C/C=C/C(C)(C)C. The second kappa shape index (κ2) is 7.80. The van der Waals surface area contributed by atoms with Gasteiger partial charge in [0.1, 0.15) is 0 Å². The van der Waals surface area contributed by atoms with E-state index in [1.54, 1.807) is 13.8 Å². The number of esters is 2. The summed E-state index contributed by atoms with van der Waals surface area (Å²) in [6, 6.07) is 0. The zero-order valence-electron chi connectivity index (χ0n) is 15.1. The molecular formula is C19H30O4. The van der Waals surface area contributed by atoms with Gasteiger partial charge in [0.2, 0.25) is 0 Å². The van der Waals surface area contributed by atoms with Crippen molar-refractivity contribution in [1.82, 2.24) is 0 Å². The van der Waals surface area contributed by atoms with Crippen LogP contribution in [0.1, 0.15) is 53.9 Å². The molecule has 0 N–H and O–H groups in total. The number of hydrogen-bond acceptors (Lipinski definition) is 4. The molecule has 23 heavy (non-hydrogen) atoms. The fraction of sp³-hybridized carbons (Fsp3) is 0.684. The quantitative estimate of drug-likeness (QED) is 0.420. The molecule has 4 nitrogen and oxygen atoms in total. The summed E-state index contributed by atoms with van der Waals surface area (Å²) in [6.45, 7) is 14.5. The van der Waals surface area contributed by atoms with Crippen LogP contribution in [-0.4, -0.2) is 25.2 Å². The molecule has 0 spiro atoms. The Morgan fingerprint density at radius 2 is 1.74 bits per heavy atom. The molecule has 0 aromatic carbocycles. The number of hydrogen-bond donors (Lipinski definition) is 0. The molecule has 4 heteroatoms. The van der Waals surface area contributed by atoms with Crippen molar-refractivity contribution in [2.75, 3.05) is 13.2 Å². The zero-order valence-corrected chi connectivity index (χ0v) is 15.1. The Hall–Kier alpha value is -1.58. The lowest BCUT2D eigenvalue weighted by Gasteiger charge is -2.24. The molecule has 0 bridgehead atoms. The van der Waals surface area contributed by atoms with Crippen LogP contribution < -0.4 is 0 Å². The highest BCUT2D eigenvalue weighted by atomic mass is 16.6. The topological polar surface area (TPSA) is 52.6 Å². The van der Waals surface area contributed by atoms with Gasteiger partial charge in [-0.2, -0.15) is 0 Å². The van der Waals surface area contributed by atoms with Crippen molar-refractivity contribution in [3.05, 3.63) is 24.3 Å². The molecule has 0 saturated heterocycles. The van der Waals surface area contributed by atoms with E-state index in [0.717, 1.165) is 12.0 Å². The van der Waals surface area contributed by atoms with Gasteiger partial charge in [0.15, 0.2) is 5.41 Å². The highest BCUT2D eigenvalue weighted by Crippen LogP contribution is 2.48. The minimum absolute atomic E-state index is 0.0995. The predicted molar refractivity (Wildman–Crippen MR) is 90.8 cm³/mol. The maximum atomic E-state index is 12.4. The molecule has 1 fully saturated rings. The van der Waals surface area contributed by atoms with Crippen LogP contribution in [0.3, 0.4) is 0 Å². The van der Waals surface area contributed by atoms with Gasteiger partial charge in [-0.15, -0.1) is 0 Å². The molecule has 0 aromatic heterocycles. The van der Waals surface area contributed by atoms with E-state index in [9.17, 15) is 9.59 Å². The van der Waals surface area contributed by atoms with Gasteiger partial charge in [-0.05, 0) is 44.4 Å². The fourth-order valence-corrected chi connectivity index (χ4v) is 2.94. The number of allylic oxidation sites excluding steroid dienone is 3. The molecule has 0 heterocycles. The van der Waals surface area contributed by atoms with Crippen molar-refractivity contribution < 1.29 is 19.1 Å². The van der Waals surface area contributed by atoms with Gasteiger partial charge in [-0.25, -0.2) is 0 Å². The molecular weight excluding hydrogens is 292 g/mol. The van der Waals surface area contributed by atoms with E-state index < -0.39 is 17.4 Å². The Morgan fingerprint density at radius 1 is 1.22 bits per heavy atom. The van der Waals surface area contributed by atoms with Crippen LogP contribution in [0.5, 0.6) is 0 Å². The highest BCUT2D eigenvalue weighted by molar-refractivity contribution is 6.01. The van der Waals surface area contributed by atoms with Crippen molar-refractivity contribution in [2.45, 2.75) is 53.9 Å². The van der Waals surface area contributed by atoms with Crippen LogP contribution in [0.25, 0.3) is 0 Å². The first-order valence-electron chi connectivity index (χ1n) is 8.36. The van der Waals surface area contributed by atoms with Crippen LogP contribution in [0.4, 0.5) is 0 Å². The van der Waals surface area contributed by atoms with Crippen molar-refractivity contribution in [1.29, 1.82) is 0 Å². The van der Waals surface area contributed by atoms with Crippen LogP contribution in [0.15, 0.2) is 24.3 Å². The summed E-state index contributed by atoms with van der Waals surface area (Å²) in [6.07, 6.45) is 5.77. The predicted octanol–water partition coefficient (Wildman–Crippen LogP) is 4.06. The molecule has 1 aliphatic rings. The molecule has 130 valence electrons. The Bertz CT molecular complexity index is 464. The van der Waals surface area contributed by atoms with Gasteiger partial charge in [0.05, 0.1) is 13.2 Å². The van der Waals surface area contributed by atoms with E-state index in [0.29, 0.717) is 12.8 Å². The summed E-state index contributed by atoms with van der Waals surface area (Å²) in [5, 5.41) is 0. The van der Waals surface area contributed by atoms with Gasteiger partial charge >= 0.3 is 11.9 Å². The first-order chi connectivity index (χ1) is 10.7. The summed E-state index contributed by atoms with van der Waals surface area (Å²) < 4.78 is 10.3. The summed E-state index contributed by atoms with van der Waals surface area (Å²) >= 11 is 0. The van der Waals surface area contributed by atoms with Crippen LogP contribution >= 0.6 is 0 Å². The lowest BCUT2D eigenvalue weighted by Crippen LogP contribution is -2.40. The van der Waals surface area contributed by atoms with Gasteiger partial charge in [-0.3, -0.25) is 9.59 Å². The molecule has 1 unspecified atom stereocenters. The van der Waals surface area contributed by atoms with Crippen molar-refractivity contribution in [2.24, 2.45) is 16.7 Å². The van der Waals surface area contributed by atoms with E-state index in [1.807, 2.05) is 0 Å². The summed E-state index contributed by atoms with van der Waals surface area (Å²) in [5.74, 6) is -0.869. The summed E-state index contributed by atoms with van der Waals surface area (Å²) in [5.41, 5.74) is -0.187. The Morgan fingerprint density at radius 3 is 2.17 bits per heavy atom. The van der Waals surface area contributed by atoms with Crippen LogP contribution in [0, 0.1) is 16.7 Å². The minimum Gasteiger partial charge on any atom is -0.465 e. The van der Waals surface area contributed by atoms with Gasteiger partial charge in [-0.1, -0.05) is 45.1 Å². The normalized spacial score (nSPS) is 20.7. The summed E-state index contributed by atoms with van der Waals surface area (Å²) in [7, 11) is 0. The molecule has 1 rings (SSSR count). The Balaban J connectivity index is 2.94. The molecule has 0 amide bonds. The molecule has 1 atom stereocenters. The Labute approximate surface area is 139 Å². The van der Waals surface area contributed by atoms with E-state index in [1.165, 1.54) is 0 Å². The van der Waals surface area contributed by atoms with E-state index in [4.69, 9.17) is 9.47 Å². The maximum absolute atomic E-state index is 12.4. The third kappa shape index (κ3) is 4.95. The minimum atomic E-state index is -1.22. The fourth-order valence-electron chi connectivity index (χ4n) is 2.94. The molecule has 0 aromatic rings. The first kappa shape index (κ1) is 19.5. The smallest absolute Gasteiger partial charge is 0.323 e. The summed E-state index contributed by atoms with van der Waals surface area (Å²) in [4.78, 5) is 24.9. The number of ether oxygens (including phenoxy) is 2. The van der Waals surface area contributed by atoms with E-state index >= 15 is 0 Å². The molecule has 0 radical (unpaired) electrons. The maximum Gasteiger partial charge on any atom is 0.323 e. The van der Waals surface area contributed by atoms with Gasteiger partial charge in [0.25, 0.3) is 0 Å². The molecule has 1 saturated carbocycles. The first-order valence-corrected chi connectivity index (χ1v) is 8.36. The second-order valence-corrected chi connectivity index (χ2v) is 7.26. The Kier molecular flexibility index (Phi) is 6.60. The largest absolute Gasteiger partial charge is 0.465 e. The lowest BCUT2D eigenvalue weighted by atomic mass is 9.84. The van der Waals surface area contributed by atoms with E-state index in [2.05, 4.69) is 39.5 Å². The number of rotatable bonds is 6.